The van der Waals surface area contributed by atoms with E-state index in [1.54, 1.807) is 0 Å². The molecule has 0 atom stereocenters. The fraction of sp³-hybridized carbons (Fsp3) is 1.00. The van der Waals surface area contributed by atoms with E-state index in [4.69, 9.17) is 9.47 Å². The summed E-state index contributed by atoms with van der Waals surface area (Å²) < 4.78 is 12.0. The molecule has 2 rings (SSSR count). The second-order valence-corrected chi connectivity index (χ2v) is 7.33. The third-order valence-corrected chi connectivity index (χ3v) is 5.65. The van der Waals surface area contributed by atoms with Crippen LogP contribution in [0.1, 0.15) is 78.6 Å². The summed E-state index contributed by atoms with van der Waals surface area (Å²) in [6, 6.07) is 0. The van der Waals surface area contributed by atoms with E-state index in [1.165, 1.54) is 51.4 Å². The van der Waals surface area contributed by atoms with Crippen LogP contribution in [0, 0.1) is 17.3 Å². The normalized spacial score (nSPS) is 38.9. The predicted octanol–water partition coefficient (Wildman–Crippen LogP) is 5.16. The largest absolute Gasteiger partial charge is 0.352 e. The van der Waals surface area contributed by atoms with Crippen LogP contribution in [0.3, 0.4) is 0 Å². The predicted molar refractivity (Wildman–Crippen MR) is 83.7 cm³/mol. The SMILES string of the molecule is CCCCC[C@H]1OC[C@@](C)(C2CCC(CC)CC2)CO1. The van der Waals surface area contributed by atoms with E-state index in [2.05, 4.69) is 20.8 Å². The Hall–Kier alpha value is -0.0800. The van der Waals surface area contributed by atoms with Crippen LogP contribution in [0.25, 0.3) is 0 Å². The number of hydrogen-bond acceptors (Lipinski definition) is 2. The molecule has 0 N–H and O–H groups in total. The Morgan fingerprint density at radius 1 is 0.950 bits per heavy atom. The Labute approximate surface area is 125 Å². The van der Waals surface area contributed by atoms with E-state index >= 15 is 0 Å². The molecule has 1 saturated heterocycles. The summed E-state index contributed by atoms with van der Waals surface area (Å²) in [5.74, 6) is 1.78. The highest BCUT2D eigenvalue weighted by Gasteiger charge is 2.40. The first-order chi connectivity index (χ1) is 9.68. The maximum atomic E-state index is 6.02. The summed E-state index contributed by atoms with van der Waals surface area (Å²) >= 11 is 0. The van der Waals surface area contributed by atoms with Gasteiger partial charge in [0.15, 0.2) is 6.29 Å². The van der Waals surface area contributed by atoms with Crippen LogP contribution in [-0.4, -0.2) is 19.5 Å². The summed E-state index contributed by atoms with van der Waals surface area (Å²) in [5, 5.41) is 0. The van der Waals surface area contributed by atoms with Gasteiger partial charge >= 0.3 is 0 Å². The van der Waals surface area contributed by atoms with E-state index in [0.717, 1.165) is 31.5 Å². The van der Waals surface area contributed by atoms with Crippen LogP contribution >= 0.6 is 0 Å². The summed E-state index contributed by atoms with van der Waals surface area (Å²) in [6.45, 7) is 8.77. The minimum absolute atomic E-state index is 0.0709. The van der Waals surface area contributed by atoms with Crippen molar-refractivity contribution in [1.82, 2.24) is 0 Å². The van der Waals surface area contributed by atoms with Crippen molar-refractivity contribution in [3.63, 3.8) is 0 Å². The standard InChI is InChI=1S/C18H34O2/c1-4-6-7-8-17-19-13-18(3,14-20-17)16-11-9-15(5-2)10-12-16/h15-17H,4-14H2,1-3H3/t15?,16?,17-,18+. The molecular formula is C18H34O2. The molecule has 0 unspecified atom stereocenters. The molecule has 20 heavy (non-hydrogen) atoms. The van der Waals surface area contributed by atoms with Crippen LogP contribution < -0.4 is 0 Å². The van der Waals surface area contributed by atoms with Crippen molar-refractivity contribution < 1.29 is 9.47 Å². The van der Waals surface area contributed by atoms with Gasteiger partial charge in [0.05, 0.1) is 13.2 Å². The zero-order valence-electron chi connectivity index (χ0n) is 13.8. The highest BCUT2D eigenvalue weighted by Crippen LogP contribution is 2.43. The van der Waals surface area contributed by atoms with Gasteiger partial charge in [0, 0.05) is 5.41 Å². The van der Waals surface area contributed by atoms with Gasteiger partial charge in [-0.25, -0.2) is 0 Å². The minimum Gasteiger partial charge on any atom is -0.352 e. The number of ether oxygens (including phenoxy) is 2. The highest BCUT2D eigenvalue weighted by molar-refractivity contribution is 4.88. The van der Waals surface area contributed by atoms with Gasteiger partial charge in [-0.15, -0.1) is 0 Å². The first kappa shape index (κ1) is 16.3. The topological polar surface area (TPSA) is 18.5 Å². The van der Waals surface area contributed by atoms with Crippen molar-refractivity contribution in [2.75, 3.05) is 13.2 Å². The molecule has 0 aromatic carbocycles. The van der Waals surface area contributed by atoms with Crippen molar-refractivity contribution in [2.45, 2.75) is 84.8 Å². The van der Waals surface area contributed by atoms with E-state index in [0.29, 0.717) is 0 Å². The monoisotopic (exact) mass is 282 g/mol. The van der Waals surface area contributed by atoms with Gasteiger partial charge in [0.1, 0.15) is 0 Å². The Balaban J connectivity index is 1.74. The summed E-state index contributed by atoms with van der Waals surface area (Å²) in [5.41, 5.74) is 0.264. The fourth-order valence-corrected chi connectivity index (χ4v) is 3.89. The molecule has 118 valence electrons. The van der Waals surface area contributed by atoms with Crippen molar-refractivity contribution in [3.8, 4) is 0 Å². The molecule has 2 nitrogen and oxygen atoms in total. The first-order valence-corrected chi connectivity index (χ1v) is 8.91. The second-order valence-electron chi connectivity index (χ2n) is 7.33. The average molecular weight is 282 g/mol. The minimum atomic E-state index is 0.0709. The zero-order valence-corrected chi connectivity index (χ0v) is 13.8. The molecule has 2 heteroatoms. The molecular weight excluding hydrogens is 248 g/mol. The van der Waals surface area contributed by atoms with Gasteiger partial charge in [0.25, 0.3) is 0 Å². The number of rotatable bonds is 6. The molecule has 0 amide bonds. The van der Waals surface area contributed by atoms with E-state index in [-0.39, 0.29) is 11.7 Å². The smallest absolute Gasteiger partial charge is 0.157 e. The summed E-state index contributed by atoms with van der Waals surface area (Å²) in [6.07, 6.45) is 11.9. The van der Waals surface area contributed by atoms with Crippen LogP contribution in [-0.2, 0) is 9.47 Å². The summed E-state index contributed by atoms with van der Waals surface area (Å²) in [4.78, 5) is 0. The van der Waals surface area contributed by atoms with Crippen LogP contribution in [0.4, 0.5) is 0 Å². The first-order valence-electron chi connectivity index (χ1n) is 8.91. The molecule has 0 bridgehead atoms. The molecule has 2 fully saturated rings. The fourth-order valence-electron chi connectivity index (χ4n) is 3.89. The lowest BCUT2D eigenvalue weighted by Gasteiger charge is -2.45. The Bertz CT molecular complexity index is 261. The Morgan fingerprint density at radius 2 is 1.60 bits per heavy atom. The molecule has 1 heterocycles. The molecule has 1 saturated carbocycles. The summed E-state index contributed by atoms with van der Waals surface area (Å²) in [7, 11) is 0. The third kappa shape index (κ3) is 4.21. The molecule has 1 aliphatic heterocycles. The molecule has 1 aliphatic carbocycles. The second kappa shape index (κ2) is 7.79. The quantitative estimate of drug-likeness (QED) is 0.626. The van der Waals surface area contributed by atoms with Crippen LogP contribution in [0.5, 0.6) is 0 Å². The Kier molecular flexibility index (Phi) is 6.35. The molecule has 0 aromatic rings. The van der Waals surface area contributed by atoms with E-state index in [1.807, 2.05) is 0 Å². The van der Waals surface area contributed by atoms with Crippen molar-refractivity contribution >= 4 is 0 Å². The van der Waals surface area contributed by atoms with E-state index < -0.39 is 0 Å². The van der Waals surface area contributed by atoms with Gasteiger partial charge in [-0.1, -0.05) is 52.9 Å². The lowest BCUT2D eigenvalue weighted by molar-refractivity contribution is -0.241. The zero-order chi connectivity index (χ0) is 14.4. The van der Waals surface area contributed by atoms with Gasteiger partial charge in [-0.2, -0.15) is 0 Å². The Morgan fingerprint density at radius 3 is 2.15 bits per heavy atom. The van der Waals surface area contributed by atoms with Gasteiger partial charge in [-0.05, 0) is 37.5 Å². The molecule has 0 aromatic heterocycles. The van der Waals surface area contributed by atoms with Crippen LogP contribution in [0.2, 0.25) is 0 Å². The van der Waals surface area contributed by atoms with Crippen LogP contribution in [0.15, 0.2) is 0 Å². The lowest BCUT2D eigenvalue weighted by Crippen LogP contribution is -2.45. The average Bonchev–Trinajstić information content (AvgIpc) is 2.50. The van der Waals surface area contributed by atoms with Crippen molar-refractivity contribution in [1.29, 1.82) is 0 Å². The molecule has 2 aliphatic rings. The van der Waals surface area contributed by atoms with Gasteiger partial charge in [-0.3, -0.25) is 0 Å². The number of unbranched alkanes of at least 4 members (excludes halogenated alkanes) is 2. The lowest BCUT2D eigenvalue weighted by atomic mass is 9.68. The maximum absolute atomic E-state index is 6.02. The highest BCUT2D eigenvalue weighted by atomic mass is 16.7. The van der Waals surface area contributed by atoms with Gasteiger partial charge in [0.2, 0.25) is 0 Å². The molecule has 0 radical (unpaired) electrons. The van der Waals surface area contributed by atoms with Crippen molar-refractivity contribution in [2.24, 2.45) is 17.3 Å². The maximum Gasteiger partial charge on any atom is 0.157 e. The van der Waals surface area contributed by atoms with Crippen molar-refractivity contribution in [3.05, 3.63) is 0 Å². The number of hydrogen-bond donors (Lipinski definition) is 0. The van der Waals surface area contributed by atoms with E-state index in [9.17, 15) is 0 Å². The third-order valence-electron chi connectivity index (χ3n) is 5.65. The van der Waals surface area contributed by atoms with Gasteiger partial charge < -0.3 is 9.47 Å². The molecule has 0 spiro atoms.